The Hall–Kier alpha value is -1.14. The predicted octanol–water partition coefficient (Wildman–Crippen LogP) is -1.26. The zero-order chi connectivity index (χ0) is 12.8. The van der Waals surface area contributed by atoms with Crippen LogP contribution in [0.25, 0.3) is 0 Å². The highest BCUT2D eigenvalue weighted by atomic mass is 16.2. The fourth-order valence-corrected chi connectivity index (χ4v) is 1.97. The van der Waals surface area contributed by atoms with E-state index in [9.17, 15) is 9.59 Å². The largest absolute Gasteiger partial charge is 0.368 e. The van der Waals surface area contributed by atoms with E-state index in [0.717, 1.165) is 25.9 Å². The summed E-state index contributed by atoms with van der Waals surface area (Å²) in [7, 11) is 0. The molecule has 1 saturated heterocycles. The average molecular weight is 242 g/mol. The van der Waals surface area contributed by atoms with Crippen molar-refractivity contribution >= 4 is 11.8 Å². The first-order valence-electron chi connectivity index (χ1n) is 6.07. The summed E-state index contributed by atoms with van der Waals surface area (Å²) in [4.78, 5) is 26.3. The third kappa shape index (κ3) is 4.70. The number of likely N-dealkylation sites (tertiary alicyclic amines) is 1. The molecule has 1 fully saturated rings. The van der Waals surface area contributed by atoms with Crippen molar-refractivity contribution in [3.05, 3.63) is 0 Å². The maximum Gasteiger partial charge on any atom is 0.237 e. The van der Waals surface area contributed by atoms with Crippen LogP contribution < -0.4 is 11.5 Å². The SMILES string of the molecule is CCN(CC(N)=O)C(=O)CN1CCC(N)CC1. The van der Waals surface area contributed by atoms with Gasteiger partial charge in [-0.3, -0.25) is 14.5 Å². The lowest BCUT2D eigenvalue weighted by atomic mass is 10.1. The molecular formula is C11H22N4O2. The van der Waals surface area contributed by atoms with Gasteiger partial charge in [0.1, 0.15) is 0 Å². The Morgan fingerprint density at radius 2 is 1.94 bits per heavy atom. The van der Waals surface area contributed by atoms with Crippen LogP contribution in [-0.4, -0.2) is 60.4 Å². The van der Waals surface area contributed by atoms with Gasteiger partial charge in [0.2, 0.25) is 11.8 Å². The Labute approximate surface area is 102 Å². The van der Waals surface area contributed by atoms with E-state index in [4.69, 9.17) is 11.5 Å². The predicted molar refractivity (Wildman–Crippen MR) is 65.1 cm³/mol. The van der Waals surface area contributed by atoms with Crippen molar-refractivity contribution in [3.63, 3.8) is 0 Å². The highest BCUT2D eigenvalue weighted by Crippen LogP contribution is 2.08. The summed E-state index contributed by atoms with van der Waals surface area (Å²) in [5.74, 6) is -0.511. The summed E-state index contributed by atoms with van der Waals surface area (Å²) < 4.78 is 0. The number of hydrogen-bond acceptors (Lipinski definition) is 4. The molecule has 0 aromatic rings. The standard InChI is InChI=1S/C11H22N4O2/c1-2-15(7-10(13)16)11(17)8-14-5-3-9(12)4-6-14/h9H,2-8,12H2,1H3,(H2,13,16). The maximum absolute atomic E-state index is 11.9. The molecule has 0 spiro atoms. The van der Waals surface area contributed by atoms with Gasteiger partial charge in [-0.15, -0.1) is 0 Å². The highest BCUT2D eigenvalue weighted by molar-refractivity contribution is 5.84. The number of carbonyl (C=O) groups is 2. The third-order valence-corrected chi connectivity index (χ3v) is 3.07. The third-order valence-electron chi connectivity index (χ3n) is 3.07. The molecule has 98 valence electrons. The minimum Gasteiger partial charge on any atom is -0.368 e. The molecule has 2 amide bonds. The Morgan fingerprint density at radius 1 is 1.35 bits per heavy atom. The van der Waals surface area contributed by atoms with Crippen LogP contribution >= 0.6 is 0 Å². The van der Waals surface area contributed by atoms with Gasteiger partial charge in [-0.25, -0.2) is 0 Å². The zero-order valence-electron chi connectivity index (χ0n) is 10.4. The number of carbonyl (C=O) groups excluding carboxylic acids is 2. The van der Waals surface area contributed by atoms with E-state index in [1.54, 1.807) is 0 Å². The average Bonchev–Trinajstić information content (AvgIpc) is 2.28. The van der Waals surface area contributed by atoms with Crippen molar-refractivity contribution in [1.82, 2.24) is 9.80 Å². The smallest absolute Gasteiger partial charge is 0.237 e. The van der Waals surface area contributed by atoms with Gasteiger partial charge in [0.15, 0.2) is 0 Å². The van der Waals surface area contributed by atoms with Crippen LogP contribution in [0.15, 0.2) is 0 Å². The van der Waals surface area contributed by atoms with Crippen molar-refractivity contribution in [2.45, 2.75) is 25.8 Å². The molecule has 4 N–H and O–H groups in total. The van der Waals surface area contributed by atoms with E-state index in [1.165, 1.54) is 4.90 Å². The quantitative estimate of drug-likeness (QED) is 0.629. The first kappa shape index (κ1) is 13.9. The number of primary amides is 1. The van der Waals surface area contributed by atoms with Crippen LogP contribution in [0.4, 0.5) is 0 Å². The minimum absolute atomic E-state index is 0.00267. The summed E-state index contributed by atoms with van der Waals surface area (Å²) in [5.41, 5.74) is 10.9. The lowest BCUT2D eigenvalue weighted by molar-refractivity contribution is -0.136. The monoisotopic (exact) mass is 242 g/mol. The maximum atomic E-state index is 11.9. The molecule has 1 aliphatic rings. The highest BCUT2D eigenvalue weighted by Gasteiger charge is 2.21. The van der Waals surface area contributed by atoms with Crippen LogP contribution in [0.2, 0.25) is 0 Å². The van der Waals surface area contributed by atoms with Crippen LogP contribution in [-0.2, 0) is 9.59 Å². The van der Waals surface area contributed by atoms with Crippen molar-refractivity contribution in [1.29, 1.82) is 0 Å². The normalized spacial score (nSPS) is 18.0. The van der Waals surface area contributed by atoms with Crippen LogP contribution in [0, 0.1) is 0 Å². The lowest BCUT2D eigenvalue weighted by Gasteiger charge is -2.31. The Balaban J connectivity index is 2.38. The fraction of sp³-hybridized carbons (Fsp3) is 0.818. The molecule has 6 heteroatoms. The second kappa shape index (κ2) is 6.56. The van der Waals surface area contributed by atoms with Crippen molar-refractivity contribution in [2.75, 3.05) is 32.7 Å². The molecule has 0 aliphatic carbocycles. The molecule has 0 saturated carbocycles. The number of likely N-dealkylation sites (N-methyl/N-ethyl adjacent to an activating group) is 1. The zero-order valence-corrected chi connectivity index (χ0v) is 10.4. The van der Waals surface area contributed by atoms with Crippen LogP contribution in [0.3, 0.4) is 0 Å². The molecule has 0 radical (unpaired) electrons. The molecule has 0 aromatic carbocycles. The molecule has 1 aliphatic heterocycles. The summed E-state index contributed by atoms with van der Waals surface area (Å²) in [5, 5.41) is 0. The van der Waals surface area contributed by atoms with E-state index in [2.05, 4.69) is 4.90 Å². The van der Waals surface area contributed by atoms with E-state index in [0.29, 0.717) is 13.1 Å². The number of rotatable bonds is 5. The molecule has 0 unspecified atom stereocenters. The Bertz CT molecular complexity index is 275. The van der Waals surface area contributed by atoms with Crippen LogP contribution in [0.1, 0.15) is 19.8 Å². The summed E-state index contributed by atoms with van der Waals surface area (Å²) in [6.07, 6.45) is 1.85. The van der Waals surface area contributed by atoms with Gasteiger partial charge in [-0.05, 0) is 19.8 Å². The second-order valence-corrected chi connectivity index (χ2v) is 4.49. The first-order chi connectivity index (χ1) is 8.02. The second-order valence-electron chi connectivity index (χ2n) is 4.49. The van der Waals surface area contributed by atoms with Gasteiger partial charge in [0.05, 0.1) is 13.1 Å². The van der Waals surface area contributed by atoms with Gasteiger partial charge in [-0.2, -0.15) is 0 Å². The summed E-state index contributed by atoms with van der Waals surface area (Å²) in [6, 6.07) is 0.259. The van der Waals surface area contributed by atoms with Gasteiger partial charge >= 0.3 is 0 Å². The summed E-state index contributed by atoms with van der Waals surface area (Å²) >= 11 is 0. The number of hydrogen-bond donors (Lipinski definition) is 2. The van der Waals surface area contributed by atoms with Crippen molar-refractivity contribution in [3.8, 4) is 0 Å². The molecule has 6 nitrogen and oxygen atoms in total. The van der Waals surface area contributed by atoms with E-state index in [1.807, 2.05) is 6.92 Å². The number of nitrogens with zero attached hydrogens (tertiary/aromatic N) is 2. The van der Waals surface area contributed by atoms with E-state index in [-0.39, 0.29) is 18.5 Å². The number of nitrogens with two attached hydrogens (primary N) is 2. The molecule has 1 heterocycles. The number of piperidine rings is 1. The molecule has 0 bridgehead atoms. The van der Waals surface area contributed by atoms with Crippen LogP contribution in [0.5, 0.6) is 0 Å². The molecule has 0 aromatic heterocycles. The van der Waals surface area contributed by atoms with Gasteiger partial charge in [-0.1, -0.05) is 0 Å². The lowest BCUT2D eigenvalue weighted by Crippen LogP contribution is -2.47. The first-order valence-corrected chi connectivity index (χ1v) is 6.07. The van der Waals surface area contributed by atoms with E-state index < -0.39 is 5.91 Å². The Morgan fingerprint density at radius 3 is 2.41 bits per heavy atom. The number of amides is 2. The fourth-order valence-electron chi connectivity index (χ4n) is 1.97. The van der Waals surface area contributed by atoms with Gasteiger partial charge in [0, 0.05) is 25.7 Å². The molecule has 1 rings (SSSR count). The van der Waals surface area contributed by atoms with E-state index >= 15 is 0 Å². The van der Waals surface area contributed by atoms with Crippen molar-refractivity contribution in [2.24, 2.45) is 11.5 Å². The van der Waals surface area contributed by atoms with Gasteiger partial charge < -0.3 is 16.4 Å². The molecular weight excluding hydrogens is 220 g/mol. The Kier molecular flexibility index (Phi) is 5.37. The topological polar surface area (TPSA) is 92.7 Å². The minimum atomic E-state index is -0.471. The van der Waals surface area contributed by atoms with Crippen molar-refractivity contribution < 1.29 is 9.59 Å². The van der Waals surface area contributed by atoms with Gasteiger partial charge in [0.25, 0.3) is 0 Å². The summed E-state index contributed by atoms with van der Waals surface area (Å²) in [6.45, 7) is 4.40. The molecule has 17 heavy (non-hydrogen) atoms. The molecule has 0 atom stereocenters.